The van der Waals surface area contributed by atoms with E-state index in [1.54, 1.807) is 0 Å². The van der Waals surface area contributed by atoms with Crippen LogP contribution in [-0.4, -0.2) is 11.1 Å². The number of fused-ring (bicyclic) bond motifs is 2. The molecule has 0 aliphatic rings. The summed E-state index contributed by atoms with van der Waals surface area (Å²) in [6.45, 7) is 1.88. The van der Waals surface area contributed by atoms with E-state index in [1.165, 1.54) is 5.39 Å². The van der Waals surface area contributed by atoms with E-state index in [1.807, 2.05) is 55.5 Å². The van der Waals surface area contributed by atoms with Crippen molar-refractivity contribution >= 4 is 27.7 Å². The molecular formula is C21H17NO3. The first-order valence-corrected chi connectivity index (χ1v) is 8.22. The smallest absolute Gasteiger partial charge is 0.312 e. The van der Waals surface area contributed by atoms with Crippen LogP contribution in [0.15, 0.2) is 71.3 Å². The number of carbonyl (C=O) groups excluding carboxylic acids is 1. The van der Waals surface area contributed by atoms with Gasteiger partial charge in [0.05, 0.1) is 6.42 Å². The molecule has 0 spiro atoms. The molecule has 0 amide bonds. The first kappa shape index (κ1) is 15.4. The Morgan fingerprint density at radius 3 is 2.68 bits per heavy atom. The van der Waals surface area contributed by atoms with E-state index in [2.05, 4.69) is 23.4 Å². The van der Waals surface area contributed by atoms with Crippen molar-refractivity contribution in [3.05, 3.63) is 78.0 Å². The van der Waals surface area contributed by atoms with Gasteiger partial charge in [-0.15, -0.1) is 0 Å². The summed E-state index contributed by atoms with van der Waals surface area (Å²) in [5.74, 6) is -0.320. The summed E-state index contributed by atoms with van der Waals surface area (Å²) in [7, 11) is 0. The first-order chi connectivity index (χ1) is 12.2. The Labute approximate surface area is 145 Å². The maximum Gasteiger partial charge on any atom is 0.312 e. The highest BCUT2D eigenvalue weighted by atomic mass is 16.5. The number of esters is 1. The minimum atomic E-state index is -0.324. The molecule has 4 rings (SSSR count). The molecule has 0 saturated heterocycles. The summed E-state index contributed by atoms with van der Waals surface area (Å²) in [5, 5.41) is 7.12. The highest BCUT2D eigenvalue weighted by Gasteiger charge is 2.16. The molecule has 124 valence electrons. The van der Waals surface area contributed by atoms with Gasteiger partial charge in [-0.2, -0.15) is 0 Å². The molecule has 0 bridgehead atoms. The molecular weight excluding hydrogens is 314 g/mol. The van der Waals surface area contributed by atoms with Crippen LogP contribution in [0, 0.1) is 0 Å². The summed E-state index contributed by atoms with van der Waals surface area (Å²) in [6, 6.07) is 21.7. The van der Waals surface area contributed by atoms with Crippen LogP contribution in [0.2, 0.25) is 0 Å². The Kier molecular flexibility index (Phi) is 3.94. The fraction of sp³-hybridized carbons (Fsp3) is 0.143. The lowest BCUT2D eigenvalue weighted by molar-refractivity contribution is -0.147. The average molecular weight is 331 g/mol. The van der Waals surface area contributed by atoms with E-state index in [0.29, 0.717) is 11.3 Å². The summed E-state index contributed by atoms with van der Waals surface area (Å²) < 4.78 is 10.8. The average Bonchev–Trinajstić information content (AvgIpc) is 3.04. The zero-order valence-corrected chi connectivity index (χ0v) is 13.8. The second-order valence-electron chi connectivity index (χ2n) is 6.04. The predicted octanol–water partition coefficient (Wildman–Crippen LogP) is 4.83. The fourth-order valence-electron chi connectivity index (χ4n) is 2.97. The molecule has 0 N–H and O–H groups in total. The highest BCUT2D eigenvalue weighted by molar-refractivity contribution is 5.85. The zero-order valence-electron chi connectivity index (χ0n) is 13.8. The lowest BCUT2D eigenvalue weighted by Gasteiger charge is -2.14. The normalized spacial score (nSPS) is 12.4. The van der Waals surface area contributed by atoms with Crippen LogP contribution >= 0.6 is 0 Å². The Hall–Kier alpha value is -3.14. The molecule has 1 heterocycles. The minimum Gasteiger partial charge on any atom is -0.457 e. The molecule has 1 atom stereocenters. The second-order valence-corrected chi connectivity index (χ2v) is 6.04. The van der Waals surface area contributed by atoms with E-state index in [4.69, 9.17) is 9.26 Å². The summed E-state index contributed by atoms with van der Waals surface area (Å²) in [4.78, 5) is 12.3. The molecule has 0 aliphatic heterocycles. The van der Waals surface area contributed by atoms with Gasteiger partial charge in [0, 0.05) is 5.39 Å². The third-order valence-electron chi connectivity index (χ3n) is 4.32. The number of ether oxygens (including phenoxy) is 1. The summed E-state index contributed by atoms with van der Waals surface area (Å²) in [6.07, 6.45) is -0.232. The van der Waals surface area contributed by atoms with Gasteiger partial charge in [0.1, 0.15) is 11.8 Å². The van der Waals surface area contributed by atoms with Crippen molar-refractivity contribution in [1.29, 1.82) is 0 Å². The van der Waals surface area contributed by atoms with Gasteiger partial charge < -0.3 is 9.26 Å². The largest absolute Gasteiger partial charge is 0.457 e. The summed E-state index contributed by atoms with van der Waals surface area (Å²) in [5.41, 5.74) is 2.25. The van der Waals surface area contributed by atoms with Crippen LogP contribution in [0.3, 0.4) is 0 Å². The van der Waals surface area contributed by atoms with Crippen molar-refractivity contribution in [2.75, 3.05) is 0 Å². The van der Waals surface area contributed by atoms with Gasteiger partial charge in [-0.25, -0.2) is 0 Å². The van der Waals surface area contributed by atoms with Crippen molar-refractivity contribution < 1.29 is 14.1 Å². The number of rotatable bonds is 4. The molecule has 4 aromatic rings. The van der Waals surface area contributed by atoms with Crippen LogP contribution in [0.25, 0.3) is 21.7 Å². The maximum absolute atomic E-state index is 12.3. The van der Waals surface area contributed by atoms with Crippen molar-refractivity contribution in [3.8, 4) is 0 Å². The Morgan fingerprint density at radius 2 is 1.80 bits per heavy atom. The van der Waals surface area contributed by atoms with E-state index in [-0.39, 0.29) is 18.5 Å². The van der Waals surface area contributed by atoms with Gasteiger partial charge in [0.15, 0.2) is 5.58 Å². The van der Waals surface area contributed by atoms with E-state index in [9.17, 15) is 4.79 Å². The van der Waals surface area contributed by atoms with Gasteiger partial charge in [-0.1, -0.05) is 53.7 Å². The molecule has 0 unspecified atom stereocenters. The SMILES string of the molecule is C[C@@H](OC(=O)Cc1noc2ccccc12)c1ccc2ccccc2c1. The molecule has 4 heteroatoms. The molecule has 0 aliphatic carbocycles. The molecule has 0 radical (unpaired) electrons. The van der Waals surface area contributed by atoms with Gasteiger partial charge in [0.2, 0.25) is 0 Å². The fourth-order valence-corrected chi connectivity index (χ4v) is 2.97. The Morgan fingerprint density at radius 1 is 1.04 bits per heavy atom. The molecule has 0 saturated carbocycles. The van der Waals surface area contributed by atoms with Crippen molar-refractivity contribution in [3.63, 3.8) is 0 Å². The lowest BCUT2D eigenvalue weighted by Crippen LogP contribution is -2.11. The van der Waals surface area contributed by atoms with Gasteiger partial charge >= 0.3 is 5.97 Å². The van der Waals surface area contributed by atoms with Crippen LogP contribution < -0.4 is 0 Å². The van der Waals surface area contributed by atoms with Crippen molar-refractivity contribution in [1.82, 2.24) is 5.16 Å². The number of carbonyl (C=O) groups is 1. The minimum absolute atomic E-state index is 0.0922. The number of aromatic nitrogens is 1. The highest BCUT2D eigenvalue weighted by Crippen LogP contribution is 2.24. The van der Waals surface area contributed by atoms with Crippen molar-refractivity contribution in [2.24, 2.45) is 0 Å². The Bertz CT molecular complexity index is 1050. The number of hydrogen-bond acceptors (Lipinski definition) is 4. The van der Waals surface area contributed by atoms with Crippen LogP contribution in [0.5, 0.6) is 0 Å². The van der Waals surface area contributed by atoms with Crippen molar-refractivity contribution in [2.45, 2.75) is 19.4 Å². The van der Waals surface area contributed by atoms with Crippen LogP contribution in [-0.2, 0) is 16.0 Å². The topological polar surface area (TPSA) is 52.3 Å². The predicted molar refractivity (Wildman–Crippen MR) is 96.2 cm³/mol. The number of hydrogen-bond donors (Lipinski definition) is 0. The lowest BCUT2D eigenvalue weighted by atomic mass is 10.0. The van der Waals surface area contributed by atoms with E-state index in [0.717, 1.165) is 16.3 Å². The monoisotopic (exact) mass is 331 g/mol. The quantitative estimate of drug-likeness (QED) is 0.503. The van der Waals surface area contributed by atoms with E-state index < -0.39 is 0 Å². The summed E-state index contributed by atoms with van der Waals surface area (Å²) >= 11 is 0. The van der Waals surface area contributed by atoms with Gasteiger partial charge in [-0.05, 0) is 41.5 Å². The third kappa shape index (κ3) is 3.11. The molecule has 1 aromatic heterocycles. The molecule has 4 nitrogen and oxygen atoms in total. The Balaban J connectivity index is 1.49. The molecule has 0 fully saturated rings. The first-order valence-electron chi connectivity index (χ1n) is 8.22. The van der Waals surface area contributed by atoms with Gasteiger partial charge in [0.25, 0.3) is 0 Å². The maximum atomic E-state index is 12.3. The van der Waals surface area contributed by atoms with E-state index >= 15 is 0 Å². The third-order valence-corrected chi connectivity index (χ3v) is 4.32. The zero-order chi connectivity index (χ0) is 17.2. The standard InChI is InChI=1S/C21H17NO3/c1-14(16-11-10-15-6-2-3-7-17(15)12-16)24-21(23)13-19-18-8-4-5-9-20(18)25-22-19/h2-12,14H,13H2,1H3/t14-/m1/s1. The van der Waals surface area contributed by atoms with Gasteiger partial charge in [-0.3, -0.25) is 4.79 Å². The number of para-hydroxylation sites is 1. The number of nitrogens with zero attached hydrogens (tertiary/aromatic N) is 1. The number of benzene rings is 3. The van der Waals surface area contributed by atoms with Crippen LogP contribution in [0.4, 0.5) is 0 Å². The van der Waals surface area contributed by atoms with Crippen LogP contribution in [0.1, 0.15) is 24.3 Å². The molecule has 3 aromatic carbocycles. The second kappa shape index (κ2) is 6.40. The molecule has 25 heavy (non-hydrogen) atoms.